The van der Waals surface area contributed by atoms with Crippen molar-refractivity contribution >= 4 is 36.5 Å². The van der Waals surface area contributed by atoms with Crippen molar-refractivity contribution < 1.29 is 9.53 Å². The molecule has 0 aliphatic carbocycles. The van der Waals surface area contributed by atoms with Crippen molar-refractivity contribution in [3.63, 3.8) is 0 Å². The average molecular weight is 349 g/mol. The van der Waals surface area contributed by atoms with E-state index in [9.17, 15) is 4.79 Å². The molecule has 1 aromatic heterocycles. The first-order valence-corrected chi connectivity index (χ1v) is 7.14. The molecular weight excluding hydrogens is 327 g/mol. The fourth-order valence-corrected chi connectivity index (χ4v) is 2.64. The topological polar surface area (TPSA) is 66.5 Å². The number of aromatic nitrogens is 1. The lowest BCUT2D eigenvalue weighted by atomic mass is 10.2. The molecule has 3 rings (SSSR count). The molecule has 2 aliphatic heterocycles. The molecule has 2 fully saturated rings. The van der Waals surface area contributed by atoms with Crippen LogP contribution in [0.25, 0.3) is 0 Å². The zero-order chi connectivity index (χ0) is 13.8. The third-order valence-corrected chi connectivity index (χ3v) is 3.74. The summed E-state index contributed by atoms with van der Waals surface area (Å²) in [6.07, 6.45) is 2.72. The fraction of sp³-hybridized carbons (Fsp3) is 0.571. The van der Waals surface area contributed by atoms with Gasteiger partial charge in [-0.25, -0.2) is 4.98 Å². The molecule has 0 saturated carbocycles. The summed E-state index contributed by atoms with van der Waals surface area (Å²) >= 11 is 0. The summed E-state index contributed by atoms with van der Waals surface area (Å²) < 4.78 is 5.35. The number of ether oxygens (including phenoxy) is 1. The van der Waals surface area contributed by atoms with Crippen LogP contribution in [0, 0.1) is 0 Å². The van der Waals surface area contributed by atoms with E-state index in [0.717, 1.165) is 38.4 Å². The van der Waals surface area contributed by atoms with Crippen molar-refractivity contribution in [2.75, 3.05) is 44.3 Å². The molecule has 8 heteroatoms. The van der Waals surface area contributed by atoms with Crippen LogP contribution in [-0.4, -0.2) is 56.3 Å². The number of pyridine rings is 1. The van der Waals surface area contributed by atoms with Crippen LogP contribution in [0.3, 0.4) is 0 Å². The molecule has 6 nitrogen and oxygen atoms in total. The molecule has 2 aliphatic rings. The van der Waals surface area contributed by atoms with Gasteiger partial charge < -0.3 is 20.3 Å². The van der Waals surface area contributed by atoms with Gasteiger partial charge in [-0.3, -0.25) is 4.79 Å². The van der Waals surface area contributed by atoms with Gasteiger partial charge in [0.1, 0.15) is 5.82 Å². The Labute approximate surface area is 142 Å². The number of hydrogen-bond acceptors (Lipinski definition) is 5. The summed E-state index contributed by atoms with van der Waals surface area (Å²) in [5.41, 5.74) is 0.654. The van der Waals surface area contributed by atoms with E-state index in [1.165, 1.54) is 0 Å². The minimum Gasteiger partial charge on any atom is -0.378 e. The van der Waals surface area contributed by atoms with Crippen molar-refractivity contribution in [3.05, 3.63) is 23.9 Å². The third-order valence-electron chi connectivity index (χ3n) is 3.74. The second-order valence-electron chi connectivity index (χ2n) is 5.14. The number of rotatable bonds is 3. The SMILES string of the molecule is Cl.Cl.O=C(NC1CCNC1)c1cccnc1N1CCOCC1. The highest BCUT2D eigenvalue weighted by atomic mass is 35.5. The van der Waals surface area contributed by atoms with Crippen LogP contribution in [-0.2, 0) is 4.74 Å². The van der Waals surface area contributed by atoms with Crippen LogP contribution < -0.4 is 15.5 Å². The highest BCUT2D eigenvalue weighted by molar-refractivity contribution is 5.99. The van der Waals surface area contributed by atoms with Gasteiger partial charge in [-0.05, 0) is 25.1 Å². The molecule has 0 bridgehead atoms. The average Bonchev–Trinajstić information content (AvgIpc) is 3.01. The Hall–Kier alpha value is -1.08. The van der Waals surface area contributed by atoms with Crippen molar-refractivity contribution in [1.29, 1.82) is 0 Å². The lowest BCUT2D eigenvalue weighted by Crippen LogP contribution is -2.40. The van der Waals surface area contributed by atoms with Crippen LogP contribution in [0.15, 0.2) is 18.3 Å². The molecular formula is C14H22Cl2N4O2. The predicted molar refractivity (Wildman–Crippen MR) is 90.5 cm³/mol. The Bertz CT molecular complexity index is 478. The molecule has 3 heterocycles. The second kappa shape index (κ2) is 9.15. The number of hydrogen-bond donors (Lipinski definition) is 2. The Balaban J connectivity index is 0.00000121. The van der Waals surface area contributed by atoms with Crippen LogP contribution in [0.2, 0.25) is 0 Å². The molecule has 0 radical (unpaired) electrons. The van der Waals surface area contributed by atoms with E-state index >= 15 is 0 Å². The largest absolute Gasteiger partial charge is 0.378 e. The number of amides is 1. The molecule has 22 heavy (non-hydrogen) atoms. The maximum atomic E-state index is 12.4. The first kappa shape index (κ1) is 19.0. The van der Waals surface area contributed by atoms with Gasteiger partial charge in [0.25, 0.3) is 5.91 Å². The van der Waals surface area contributed by atoms with Crippen molar-refractivity contribution in [3.8, 4) is 0 Å². The summed E-state index contributed by atoms with van der Waals surface area (Å²) in [6.45, 7) is 4.74. The summed E-state index contributed by atoms with van der Waals surface area (Å²) in [5, 5.41) is 6.33. The van der Waals surface area contributed by atoms with Gasteiger partial charge >= 0.3 is 0 Å². The van der Waals surface area contributed by atoms with Gasteiger partial charge in [-0.15, -0.1) is 24.8 Å². The summed E-state index contributed by atoms with van der Waals surface area (Å²) in [7, 11) is 0. The van der Waals surface area contributed by atoms with Crippen LogP contribution in [0.4, 0.5) is 5.82 Å². The van der Waals surface area contributed by atoms with Gasteiger partial charge in [0.2, 0.25) is 0 Å². The molecule has 0 aromatic carbocycles. The molecule has 1 unspecified atom stereocenters. The first-order chi connectivity index (χ1) is 9.84. The molecule has 124 valence electrons. The molecule has 1 amide bonds. The van der Waals surface area contributed by atoms with Gasteiger partial charge in [-0.2, -0.15) is 0 Å². The van der Waals surface area contributed by atoms with E-state index in [1.807, 2.05) is 12.1 Å². The molecule has 2 N–H and O–H groups in total. The molecule has 1 aromatic rings. The second-order valence-corrected chi connectivity index (χ2v) is 5.14. The number of anilines is 1. The highest BCUT2D eigenvalue weighted by Crippen LogP contribution is 2.18. The summed E-state index contributed by atoms with van der Waals surface area (Å²) in [5.74, 6) is 0.729. The maximum absolute atomic E-state index is 12.4. The summed E-state index contributed by atoms with van der Waals surface area (Å²) in [4.78, 5) is 18.9. The van der Waals surface area contributed by atoms with E-state index in [-0.39, 0.29) is 36.8 Å². The normalized spacial score (nSPS) is 20.7. The predicted octanol–water partition coefficient (Wildman–Crippen LogP) is 0.853. The number of halogens is 2. The quantitative estimate of drug-likeness (QED) is 0.847. The number of carbonyl (C=O) groups is 1. The van der Waals surface area contributed by atoms with Gasteiger partial charge in [0.05, 0.1) is 18.8 Å². The van der Waals surface area contributed by atoms with Gasteiger partial charge in [-0.1, -0.05) is 0 Å². The van der Waals surface area contributed by atoms with Crippen LogP contribution in [0.1, 0.15) is 16.8 Å². The zero-order valence-electron chi connectivity index (χ0n) is 12.3. The minimum atomic E-state index is -0.0340. The minimum absolute atomic E-state index is 0. The standard InChI is InChI=1S/C14H20N4O2.2ClH/c19-14(17-11-3-5-15-10-11)12-2-1-4-16-13(12)18-6-8-20-9-7-18;;/h1-2,4,11,15H,3,5-10H2,(H,17,19);2*1H. The van der Waals surface area contributed by atoms with Gasteiger partial charge in [0.15, 0.2) is 0 Å². The van der Waals surface area contributed by atoms with E-state index in [4.69, 9.17) is 4.74 Å². The fourth-order valence-electron chi connectivity index (χ4n) is 2.64. The van der Waals surface area contributed by atoms with E-state index in [0.29, 0.717) is 18.8 Å². The van der Waals surface area contributed by atoms with E-state index in [2.05, 4.69) is 20.5 Å². The number of morpholine rings is 1. The smallest absolute Gasteiger partial charge is 0.255 e. The van der Waals surface area contributed by atoms with Crippen molar-refractivity contribution in [2.24, 2.45) is 0 Å². The Kier molecular flexibility index (Phi) is 7.89. The number of nitrogens with one attached hydrogen (secondary N) is 2. The Morgan fingerprint density at radius 1 is 1.36 bits per heavy atom. The maximum Gasteiger partial charge on any atom is 0.255 e. The van der Waals surface area contributed by atoms with Crippen molar-refractivity contribution in [2.45, 2.75) is 12.5 Å². The molecule has 2 saturated heterocycles. The molecule has 0 spiro atoms. The zero-order valence-corrected chi connectivity index (χ0v) is 13.9. The van der Waals surface area contributed by atoms with Gasteiger partial charge in [0, 0.05) is 31.9 Å². The number of carbonyl (C=O) groups excluding carboxylic acids is 1. The lowest BCUT2D eigenvalue weighted by molar-refractivity contribution is 0.0938. The Morgan fingerprint density at radius 3 is 2.82 bits per heavy atom. The van der Waals surface area contributed by atoms with E-state index in [1.54, 1.807) is 6.20 Å². The summed E-state index contributed by atoms with van der Waals surface area (Å²) in [6, 6.07) is 3.88. The lowest BCUT2D eigenvalue weighted by Gasteiger charge is -2.29. The van der Waals surface area contributed by atoms with Crippen molar-refractivity contribution in [1.82, 2.24) is 15.6 Å². The van der Waals surface area contributed by atoms with E-state index < -0.39 is 0 Å². The number of nitrogens with zero attached hydrogens (tertiary/aromatic N) is 2. The van der Waals surface area contributed by atoms with Crippen LogP contribution in [0.5, 0.6) is 0 Å². The Morgan fingerprint density at radius 2 is 2.14 bits per heavy atom. The highest BCUT2D eigenvalue weighted by Gasteiger charge is 2.22. The van der Waals surface area contributed by atoms with Crippen LogP contribution >= 0.6 is 24.8 Å². The first-order valence-electron chi connectivity index (χ1n) is 7.14. The third kappa shape index (κ3) is 4.46. The molecule has 1 atom stereocenters. The monoisotopic (exact) mass is 348 g/mol.